The first-order chi connectivity index (χ1) is 6.45. The van der Waals surface area contributed by atoms with E-state index in [9.17, 15) is 0 Å². The Bertz CT molecular complexity index is 264. The zero-order valence-corrected chi connectivity index (χ0v) is 8.00. The second-order valence-electron chi connectivity index (χ2n) is 4.57. The maximum Gasteiger partial charge on any atom is -0.000901 e. The minimum Gasteiger partial charge on any atom is -0.316 e. The summed E-state index contributed by atoms with van der Waals surface area (Å²) in [7, 11) is 0. The van der Waals surface area contributed by atoms with E-state index in [1.165, 1.54) is 32.4 Å². The number of piperidine rings is 1. The Morgan fingerprint density at radius 1 is 1.31 bits per heavy atom. The third kappa shape index (κ3) is 1.18. The van der Waals surface area contributed by atoms with Gasteiger partial charge in [-0.05, 0) is 55.7 Å². The van der Waals surface area contributed by atoms with Crippen LogP contribution in [0.5, 0.6) is 0 Å². The number of hydrogen-bond donors (Lipinski definition) is 1. The summed E-state index contributed by atoms with van der Waals surface area (Å²) in [5.74, 6) is 2.71. The van der Waals surface area contributed by atoms with Gasteiger partial charge in [0.05, 0.1) is 0 Å². The summed E-state index contributed by atoms with van der Waals surface area (Å²) in [5.41, 5.74) is 1.64. The van der Waals surface area contributed by atoms with Crippen LogP contribution in [0.15, 0.2) is 23.8 Å². The van der Waals surface area contributed by atoms with Crippen LogP contribution in [0.25, 0.3) is 0 Å². The van der Waals surface area contributed by atoms with Gasteiger partial charge >= 0.3 is 0 Å². The van der Waals surface area contributed by atoms with Gasteiger partial charge < -0.3 is 5.32 Å². The molecule has 1 heteroatoms. The highest BCUT2D eigenvalue weighted by atomic mass is 14.9. The summed E-state index contributed by atoms with van der Waals surface area (Å²) in [6.45, 7) is 2.48. The fraction of sp³-hybridized carbons (Fsp3) is 0.667. The summed E-state index contributed by atoms with van der Waals surface area (Å²) in [5, 5.41) is 3.53. The highest BCUT2D eigenvalue weighted by molar-refractivity contribution is 5.31. The average molecular weight is 175 g/mol. The maximum absolute atomic E-state index is 3.53. The topological polar surface area (TPSA) is 12.0 Å². The van der Waals surface area contributed by atoms with Gasteiger partial charge in [-0.15, -0.1) is 0 Å². The monoisotopic (exact) mass is 175 g/mol. The van der Waals surface area contributed by atoms with Crippen molar-refractivity contribution in [1.29, 1.82) is 0 Å². The standard InChI is InChI=1S/C12H17N/c1-2-4-11-9(3-1)7-10-5-6-13-8-12(10)11/h1,3,7,10-13H,2,4-6,8H2/t10-,11?,12-/m1/s1. The molecule has 1 N–H and O–H groups in total. The van der Waals surface area contributed by atoms with Gasteiger partial charge in [0.2, 0.25) is 0 Å². The second-order valence-corrected chi connectivity index (χ2v) is 4.57. The van der Waals surface area contributed by atoms with E-state index in [2.05, 4.69) is 23.5 Å². The molecule has 1 saturated heterocycles. The molecule has 0 spiro atoms. The van der Waals surface area contributed by atoms with Crippen molar-refractivity contribution in [3.63, 3.8) is 0 Å². The number of nitrogens with one attached hydrogen (secondary N) is 1. The SMILES string of the molecule is C1=CC2=C[C@H]3CCNC[C@H]3C2CC1. The van der Waals surface area contributed by atoms with Crippen molar-refractivity contribution in [2.24, 2.45) is 17.8 Å². The predicted octanol–water partition coefficient (Wildman–Crippen LogP) is 2.12. The van der Waals surface area contributed by atoms with Crippen molar-refractivity contribution >= 4 is 0 Å². The second kappa shape index (κ2) is 2.98. The third-order valence-electron chi connectivity index (χ3n) is 3.89. The molecule has 0 bridgehead atoms. The normalized spacial score (nSPS) is 42.5. The molecule has 70 valence electrons. The molecule has 0 aromatic rings. The van der Waals surface area contributed by atoms with Crippen molar-refractivity contribution in [2.45, 2.75) is 19.3 Å². The Morgan fingerprint density at radius 3 is 3.31 bits per heavy atom. The first kappa shape index (κ1) is 7.81. The molecule has 2 aliphatic carbocycles. The van der Waals surface area contributed by atoms with Gasteiger partial charge in [0.25, 0.3) is 0 Å². The first-order valence-electron chi connectivity index (χ1n) is 5.54. The summed E-state index contributed by atoms with van der Waals surface area (Å²) < 4.78 is 0. The van der Waals surface area contributed by atoms with Crippen LogP contribution in [-0.4, -0.2) is 13.1 Å². The van der Waals surface area contributed by atoms with Gasteiger partial charge in [0.15, 0.2) is 0 Å². The van der Waals surface area contributed by atoms with E-state index in [-0.39, 0.29) is 0 Å². The fourth-order valence-electron chi connectivity index (χ4n) is 3.22. The lowest BCUT2D eigenvalue weighted by Gasteiger charge is -2.31. The molecular weight excluding hydrogens is 158 g/mol. The lowest BCUT2D eigenvalue weighted by atomic mass is 9.79. The van der Waals surface area contributed by atoms with Crippen molar-refractivity contribution in [3.8, 4) is 0 Å². The van der Waals surface area contributed by atoms with Gasteiger partial charge in [-0.2, -0.15) is 0 Å². The molecule has 1 fully saturated rings. The van der Waals surface area contributed by atoms with Gasteiger partial charge in [-0.1, -0.05) is 18.2 Å². The Balaban J connectivity index is 1.89. The molecule has 1 aliphatic heterocycles. The summed E-state index contributed by atoms with van der Waals surface area (Å²) in [6, 6.07) is 0. The molecule has 1 nitrogen and oxygen atoms in total. The molecule has 1 heterocycles. The smallest absolute Gasteiger partial charge is 0.000901 e. The van der Waals surface area contributed by atoms with Crippen LogP contribution in [0.3, 0.4) is 0 Å². The molecule has 13 heavy (non-hydrogen) atoms. The van der Waals surface area contributed by atoms with Crippen LogP contribution in [0.2, 0.25) is 0 Å². The lowest BCUT2D eigenvalue weighted by Crippen LogP contribution is -2.37. The summed E-state index contributed by atoms with van der Waals surface area (Å²) in [4.78, 5) is 0. The quantitative estimate of drug-likeness (QED) is 0.594. The van der Waals surface area contributed by atoms with Crippen molar-refractivity contribution < 1.29 is 0 Å². The summed E-state index contributed by atoms with van der Waals surface area (Å²) in [6.07, 6.45) is 11.3. The zero-order chi connectivity index (χ0) is 8.67. The average Bonchev–Trinajstić information content (AvgIpc) is 2.56. The van der Waals surface area contributed by atoms with E-state index in [4.69, 9.17) is 0 Å². The Morgan fingerprint density at radius 2 is 2.31 bits per heavy atom. The molecule has 0 aromatic carbocycles. The number of fused-ring (bicyclic) bond motifs is 3. The molecular formula is C12H17N. The Hall–Kier alpha value is -0.560. The van der Waals surface area contributed by atoms with E-state index in [0.29, 0.717) is 0 Å². The van der Waals surface area contributed by atoms with Crippen LogP contribution in [0, 0.1) is 17.8 Å². The number of rotatable bonds is 0. The molecule has 0 aromatic heterocycles. The van der Waals surface area contributed by atoms with Gasteiger partial charge in [-0.25, -0.2) is 0 Å². The predicted molar refractivity (Wildman–Crippen MR) is 54.4 cm³/mol. The van der Waals surface area contributed by atoms with Crippen molar-refractivity contribution in [2.75, 3.05) is 13.1 Å². The van der Waals surface area contributed by atoms with Crippen molar-refractivity contribution in [3.05, 3.63) is 23.8 Å². The molecule has 1 unspecified atom stereocenters. The van der Waals surface area contributed by atoms with Crippen LogP contribution < -0.4 is 5.32 Å². The molecule has 0 radical (unpaired) electrons. The lowest BCUT2D eigenvalue weighted by molar-refractivity contribution is 0.252. The van der Waals surface area contributed by atoms with Crippen LogP contribution >= 0.6 is 0 Å². The molecule has 3 aliphatic rings. The van der Waals surface area contributed by atoms with Gasteiger partial charge in [0, 0.05) is 0 Å². The first-order valence-corrected chi connectivity index (χ1v) is 5.54. The van der Waals surface area contributed by atoms with E-state index >= 15 is 0 Å². The van der Waals surface area contributed by atoms with Crippen LogP contribution in [0.4, 0.5) is 0 Å². The largest absolute Gasteiger partial charge is 0.316 e. The zero-order valence-electron chi connectivity index (χ0n) is 8.00. The van der Waals surface area contributed by atoms with E-state index in [1.807, 2.05) is 0 Å². The van der Waals surface area contributed by atoms with Crippen molar-refractivity contribution in [1.82, 2.24) is 5.32 Å². The fourth-order valence-corrected chi connectivity index (χ4v) is 3.22. The van der Waals surface area contributed by atoms with Gasteiger partial charge in [0.1, 0.15) is 0 Å². The Kier molecular flexibility index (Phi) is 1.79. The highest BCUT2D eigenvalue weighted by Crippen LogP contribution is 2.43. The minimum absolute atomic E-state index is 0.891. The molecule has 3 rings (SSSR count). The molecule has 0 amide bonds. The molecule has 3 atom stereocenters. The number of hydrogen-bond acceptors (Lipinski definition) is 1. The third-order valence-corrected chi connectivity index (χ3v) is 3.89. The van der Waals surface area contributed by atoms with Crippen LogP contribution in [-0.2, 0) is 0 Å². The molecule has 0 saturated carbocycles. The van der Waals surface area contributed by atoms with E-state index < -0.39 is 0 Å². The minimum atomic E-state index is 0.891. The van der Waals surface area contributed by atoms with E-state index in [1.54, 1.807) is 5.57 Å². The Labute approximate surface area is 79.9 Å². The van der Waals surface area contributed by atoms with E-state index in [0.717, 1.165) is 17.8 Å². The van der Waals surface area contributed by atoms with Gasteiger partial charge in [-0.3, -0.25) is 0 Å². The number of allylic oxidation sites excluding steroid dienone is 4. The summed E-state index contributed by atoms with van der Waals surface area (Å²) >= 11 is 0. The highest BCUT2D eigenvalue weighted by Gasteiger charge is 2.37. The maximum atomic E-state index is 3.53. The van der Waals surface area contributed by atoms with Crippen LogP contribution in [0.1, 0.15) is 19.3 Å².